The third kappa shape index (κ3) is 4.95. The maximum absolute atomic E-state index is 12.8. The summed E-state index contributed by atoms with van der Waals surface area (Å²) < 4.78 is 31.9. The van der Waals surface area contributed by atoms with E-state index in [9.17, 15) is 13.2 Å². The quantitative estimate of drug-likeness (QED) is 0.644. The summed E-state index contributed by atoms with van der Waals surface area (Å²) in [7, 11) is -1.08. The van der Waals surface area contributed by atoms with E-state index in [1.165, 1.54) is 26.3 Å². The zero-order valence-electron chi connectivity index (χ0n) is 17.0. The number of hydrogen-bond donors (Lipinski definition) is 2. The van der Waals surface area contributed by atoms with Gasteiger partial charge in [-0.05, 0) is 62.8 Å². The molecule has 1 amide bonds. The molecule has 0 spiro atoms. The van der Waals surface area contributed by atoms with Gasteiger partial charge in [-0.1, -0.05) is 29.8 Å². The van der Waals surface area contributed by atoms with Crippen molar-refractivity contribution in [2.75, 3.05) is 33.8 Å². The van der Waals surface area contributed by atoms with Crippen LogP contribution in [-0.4, -0.2) is 53.0 Å². The molecule has 0 aromatic heterocycles. The molecule has 0 bridgehead atoms. The van der Waals surface area contributed by atoms with Gasteiger partial charge in [-0.25, -0.2) is 13.1 Å². The Morgan fingerprint density at radius 2 is 1.90 bits per heavy atom. The second kappa shape index (κ2) is 9.78. The average Bonchev–Trinajstić information content (AvgIpc) is 3.29. The molecule has 9 heteroatoms. The van der Waals surface area contributed by atoms with Crippen LogP contribution in [0, 0.1) is 0 Å². The van der Waals surface area contributed by atoms with E-state index in [1.54, 1.807) is 6.07 Å². The van der Waals surface area contributed by atoms with Crippen LogP contribution < -0.4 is 14.8 Å². The van der Waals surface area contributed by atoms with Crippen LogP contribution >= 0.6 is 11.6 Å². The first-order chi connectivity index (χ1) is 14.4. The van der Waals surface area contributed by atoms with E-state index >= 15 is 0 Å². The Morgan fingerprint density at radius 1 is 1.20 bits per heavy atom. The predicted octanol–water partition coefficient (Wildman–Crippen LogP) is 2.82. The van der Waals surface area contributed by atoms with Crippen LogP contribution in [0.4, 0.5) is 0 Å². The highest BCUT2D eigenvalue weighted by molar-refractivity contribution is 7.89. The number of benzene rings is 2. The Hall–Kier alpha value is -2.13. The number of sulfonamides is 1. The maximum atomic E-state index is 12.8. The lowest BCUT2D eigenvalue weighted by Crippen LogP contribution is -2.37. The van der Waals surface area contributed by atoms with Gasteiger partial charge in [-0.3, -0.25) is 9.69 Å². The Labute approximate surface area is 182 Å². The first-order valence-corrected chi connectivity index (χ1v) is 11.6. The molecular formula is C21H26ClN3O4S. The lowest BCUT2D eigenvalue weighted by atomic mass is 10.0. The van der Waals surface area contributed by atoms with Crippen LogP contribution in [0.5, 0.6) is 5.75 Å². The number of nitrogens with one attached hydrogen (secondary N) is 2. The molecule has 1 atom stereocenters. The highest BCUT2D eigenvalue weighted by Crippen LogP contribution is 2.30. The fourth-order valence-electron chi connectivity index (χ4n) is 3.66. The lowest BCUT2D eigenvalue weighted by Gasteiger charge is -2.29. The van der Waals surface area contributed by atoms with Gasteiger partial charge in [-0.2, -0.15) is 0 Å². The smallest absolute Gasteiger partial charge is 0.251 e. The Morgan fingerprint density at radius 3 is 2.53 bits per heavy atom. The van der Waals surface area contributed by atoms with Gasteiger partial charge in [0.25, 0.3) is 5.91 Å². The zero-order chi connectivity index (χ0) is 21.7. The van der Waals surface area contributed by atoms with E-state index in [0.29, 0.717) is 11.6 Å². The van der Waals surface area contributed by atoms with E-state index < -0.39 is 10.0 Å². The number of carbonyl (C=O) groups excluding carboxylic acids is 1. The normalized spacial score (nSPS) is 15.7. The van der Waals surface area contributed by atoms with Crippen molar-refractivity contribution in [1.82, 2.24) is 14.9 Å². The molecule has 1 aliphatic rings. The first-order valence-electron chi connectivity index (χ1n) is 9.75. The second-order valence-corrected chi connectivity index (χ2v) is 9.33. The first kappa shape index (κ1) is 22.6. The number of halogens is 1. The van der Waals surface area contributed by atoms with Gasteiger partial charge in [0.05, 0.1) is 13.2 Å². The van der Waals surface area contributed by atoms with Crippen molar-refractivity contribution >= 4 is 27.5 Å². The van der Waals surface area contributed by atoms with Crippen molar-refractivity contribution in [3.05, 3.63) is 58.6 Å². The third-order valence-electron chi connectivity index (χ3n) is 5.29. The number of amides is 1. The molecule has 30 heavy (non-hydrogen) atoms. The van der Waals surface area contributed by atoms with Crippen molar-refractivity contribution in [3.63, 3.8) is 0 Å². The summed E-state index contributed by atoms with van der Waals surface area (Å²) in [5.41, 5.74) is 1.21. The van der Waals surface area contributed by atoms with Crippen LogP contribution in [0.3, 0.4) is 0 Å². The Kier molecular flexibility index (Phi) is 7.36. The summed E-state index contributed by atoms with van der Waals surface area (Å²) in [6.45, 7) is 2.25. The molecule has 2 N–H and O–H groups in total. The molecule has 7 nitrogen and oxygen atoms in total. The Balaban J connectivity index is 1.82. The minimum atomic E-state index is -3.77. The zero-order valence-corrected chi connectivity index (χ0v) is 18.6. The van der Waals surface area contributed by atoms with Crippen LogP contribution in [0.15, 0.2) is 47.4 Å². The Bertz CT molecular complexity index is 1010. The van der Waals surface area contributed by atoms with Gasteiger partial charge >= 0.3 is 0 Å². The molecule has 1 fully saturated rings. The van der Waals surface area contributed by atoms with Gasteiger partial charge in [-0.15, -0.1) is 0 Å². The SMILES string of the molecule is CNS(=O)(=O)c1cc(C(=O)NCC(c2ccccc2Cl)N2CCCC2)ccc1OC. The molecule has 1 heterocycles. The van der Waals surface area contributed by atoms with E-state index in [0.717, 1.165) is 31.5 Å². The molecule has 2 aromatic carbocycles. The molecule has 0 aliphatic carbocycles. The van der Waals surface area contributed by atoms with Crippen LogP contribution in [0.1, 0.15) is 34.8 Å². The fraction of sp³-hybridized carbons (Fsp3) is 0.381. The van der Waals surface area contributed by atoms with Gasteiger partial charge in [0.1, 0.15) is 10.6 Å². The minimum absolute atomic E-state index is 0.0519. The molecule has 0 radical (unpaired) electrons. The topological polar surface area (TPSA) is 87.7 Å². The fourth-order valence-corrected chi connectivity index (χ4v) is 4.84. The van der Waals surface area contributed by atoms with Crippen LogP contribution in [0.25, 0.3) is 0 Å². The predicted molar refractivity (Wildman–Crippen MR) is 117 cm³/mol. The standard InChI is InChI=1S/C21H26ClN3O4S/c1-23-30(27,28)20-13-15(9-10-19(20)29-2)21(26)24-14-18(25-11-5-6-12-25)16-7-3-4-8-17(16)22/h3-4,7-10,13,18,23H,5-6,11-12,14H2,1-2H3,(H,24,26). The largest absolute Gasteiger partial charge is 0.495 e. The molecule has 2 aromatic rings. The van der Waals surface area contributed by atoms with E-state index in [2.05, 4.69) is 14.9 Å². The number of carbonyl (C=O) groups is 1. The number of methoxy groups -OCH3 is 1. The second-order valence-electron chi connectivity index (χ2n) is 7.06. The summed E-state index contributed by atoms with van der Waals surface area (Å²) in [6, 6.07) is 11.9. The number of hydrogen-bond acceptors (Lipinski definition) is 5. The third-order valence-corrected chi connectivity index (χ3v) is 7.07. The molecule has 1 saturated heterocycles. The number of nitrogens with zero attached hydrogens (tertiary/aromatic N) is 1. The van der Waals surface area contributed by atoms with Crippen molar-refractivity contribution in [3.8, 4) is 5.75 Å². The van der Waals surface area contributed by atoms with Crippen LogP contribution in [0.2, 0.25) is 5.02 Å². The monoisotopic (exact) mass is 451 g/mol. The summed E-state index contributed by atoms with van der Waals surface area (Å²) in [6.07, 6.45) is 2.22. The molecule has 1 unspecified atom stereocenters. The van der Waals surface area contributed by atoms with Gasteiger partial charge in [0, 0.05) is 17.1 Å². The highest BCUT2D eigenvalue weighted by Gasteiger charge is 2.26. The molecule has 162 valence electrons. The molecule has 0 saturated carbocycles. The average molecular weight is 452 g/mol. The summed E-state index contributed by atoms with van der Waals surface area (Å²) in [5.74, 6) is -0.187. The van der Waals surface area contributed by atoms with E-state index in [-0.39, 0.29) is 28.2 Å². The van der Waals surface area contributed by atoms with Gasteiger partial charge in [0.2, 0.25) is 10.0 Å². The highest BCUT2D eigenvalue weighted by atomic mass is 35.5. The van der Waals surface area contributed by atoms with Crippen molar-refractivity contribution in [2.24, 2.45) is 0 Å². The van der Waals surface area contributed by atoms with Crippen molar-refractivity contribution in [2.45, 2.75) is 23.8 Å². The molecular weight excluding hydrogens is 426 g/mol. The van der Waals surface area contributed by atoms with E-state index in [4.69, 9.17) is 16.3 Å². The van der Waals surface area contributed by atoms with Gasteiger partial charge < -0.3 is 10.1 Å². The van der Waals surface area contributed by atoms with Gasteiger partial charge in [0.15, 0.2) is 0 Å². The lowest BCUT2D eigenvalue weighted by molar-refractivity contribution is 0.0937. The molecule has 1 aliphatic heterocycles. The summed E-state index contributed by atoms with van der Waals surface area (Å²) in [5, 5.41) is 3.60. The van der Waals surface area contributed by atoms with E-state index in [1.807, 2.05) is 24.3 Å². The minimum Gasteiger partial charge on any atom is -0.495 e. The van der Waals surface area contributed by atoms with Crippen molar-refractivity contribution < 1.29 is 17.9 Å². The maximum Gasteiger partial charge on any atom is 0.251 e. The van der Waals surface area contributed by atoms with Crippen molar-refractivity contribution in [1.29, 1.82) is 0 Å². The summed E-state index contributed by atoms with van der Waals surface area (Å²) in [4.78, 5) is 15.1. The molecule has 3 rings (SSSR count). The number of likely N-dealkylation sites (tertiary alicyclic amines) is 1. The number of ether oxygens (including phenoxy) is 1. The summed E-state index contributed by atoms with van der Waals surface area (Å²) >= 11 is 6.42. The van der Waals surface area contributed by atoms with Crippen LogP contribution in [-0.2, 0) is 10.0 Å². The number of rotatable bonds is 8.